The Bertz CT molecular complexity index is 734. The Morgan fingerprint density at radius 1 is 1.28 bits per heavy atom. The molecule has 1 aliphatic heterocycles. The maximum absolute atomic E-state index is 12.2. The van der Waals surface area contributed by atoms with Crippen molar-refractivity contribution < 1.29 is 19.4 Å². The molecule has 1 amide bonds. The number of para-hydroxylation sites is 1. The number of aliphatic carboxylic acids is 1. The van der Waals surface area contributed by atoms with Gasteiger partial charge in [-0.2, -0.15) is 0 Å². The molecule has 0 bridgehead atoms. The molecule has 2 heterocycles. The summed E-state index contributed by atoms with van der Waals surface area (Å²) in [6.45, 7) is 1.51. The second-order valence-electron chi connectivity index (χ2n) is 6.62. The fourth-order valence-corrected chi connectivity index (χ4v) is 3.36. The van der Waals surface area contributed by atoms with Crippen molar-refractivity contribution in [2.45, 2.75) is 38.1 Å². The molecule has 25 heavy (non-hydrogen) atoms. The molecule has 0 radical (unpaired) electrons. The van der Waals surface area contributed by atoms with Gasteiger partial charge in [0.05, 0.1) is 0 Å². The van der Waals surface area contributed by atoms with Crippen molar-refractivity contribution in [1.29, 1.82) is 0 Å². The van der Waals surface area contributed by atoms with Crippen LogP contribution in [0.5, 0.6) is 0 Å². The second-order valence-corrected chi connectivity index (χ2v) is 6.62. The second kappa shape index (κ2) is 8.16. The van der Waals surface area contributed by atoms with E-state index in [0.717, 1.165) is 48.9 Å². The van der Waals surface area contributed by atoms with Crippen LogP contribution in [-0.4, -0.2) is 41.2 Å². The van der Waals surface area contributed by atoms with E-state index in [4.69, 9.17) is 4.74 Å². The minimum absolute atomic E-state index is 0.196. The smallest absolute Gasteiger partial charge is 0.326 e. The van der Waals surface area contributed by atoms with Gasteiger partial charge in [-0.3, -0.25) is 4.79 Å². The van der Waals surface area contributed by atoms with Gasteiger partial charge < -0.3 is 20.1 Å². The molecule has 134 valence electrons. The van der Waals surface area contributed by atoms with Crippen LogP contribution in [0.1, 0.15) is 31.2 Å². The number of rotatable bonds is 7. The molecule has 0 spiro atoms. The number of fused-ring (bicyclic) bond motifs is 1. The van der Waals surface area contributed by atoms with Gasteiger partial charge in [-0.15, -0.1) is 0 Å². The standard InChI is InChI=1S/C19H24N2O4/c22-18(6-5-13-7-9-25-10-8-13)21-17(19(23)24)11-14-12-20-16-4-2-1-3-15(14)16/h1-4,12-13,17,20H,5-11H2,(H,21,22)(H,23,24). The van der Waals surface area contributed by atoms with Gasteiger partial charge >= 0.3 is 5.97 Å². The van der Waals surface area contributed by atoms with E-state index in [-0.39, 0.29) is 12.3 Å². The Hall–Kier alpha value is -2.34. The highest BCUT2D eigenvalue weighted by atomic mass is 16.5. The molecule has 3 N–H and O–H groups in total. The molecule has 1 atom stereocenters. The highest BCUT2D eigenvalue weighted by Gasteiger charge is 2.22. The summed E-state index contributed by atoms with van der Waals surface area (Å²) in [6, 6.07) is 6.83. The van der Waals surface area contributed by atoms with E-state index in [9.17, 15) is 14.7 Å². The number of nitrogens with one attached hydrogen (secondary N) is 2. The number of aromatic amines is 1. The van der Waals surface area contributed by atoms with Crippen molar-refractivity contribution in [3.05, 3.63) is 36.0 Å². The van der Waals surface area contributed by atoms with Crippen LogP contribution in [0.2, 0.25) is 0 Å². The first-order valence-electron chi connectivity index (χ1n) is 8.78. The summed E-state index contributed by atoms with van der Waals surface area (Å²) in [5.41, 5.74) is 1.86. The van der Waals surface area contributed by atoms with E-state index in [1.54, 1.807) is 0 Å². The first-order valence-corrected chi connectivity index (χ1v) is 8.78. The Kier molecular flexibility index (Phi) is 5.71. The summed E-state index contributed by atoms with van der Waals surface area (Å²) in [6.07, 6.45) is 5.18. The van der Waals surface area contributed by atoms with Crippen molar-refractivity contribution >= 4 is 22.8 Å². The molecule has 0 saturated carbocycles. The Morgan fingerprint density at radius 3 is 2.80 bits per heavy atom. The van der Waals surface area contributed by atoms with E-state index >= 15 is 0 Å². The van der Waals surface area contributed by atoms with Crippen LogP contribution >= 0.6 is 0 Å². The minimum atomic E-state index is -1.01. The summed E-state index contributed by atoms with van der Waals surface area (Å²) >= 11 is 0. The van der Waals surface area contributed by atoms with Crippen LogP contribution in [0.3, 0.4) is 0 Å². The van der Waals surface area contributed by atoms with Crippen molar-refractivity contribution in [1.82, 2.24) is 10.3 Å². The van der Waals surface area contributed by atoms with Gasteiger partial charge in [-0.05, 0) is 36.8 Å². The lowest BCUT2D eigenvalue weighted by Crippen LogP contribution is -2.42. The number of hydrogen-bond donors (Lipinski definition) is 3. The molecule has 0 aliphatic carbocycles. The van der Waals surface area contributed by atoms with Crippen LogP contribution < -0.4 is 5.32 Å². The summed E-state index contributed by atoms with van der Waals surface area (Å²) in [5, 5.41) is 13.1. The zero-order valence-corrected chi connectivity index (χ0v) is 14.2. The third-order valence-corrected chi connectivity index (χ3v) is 4.85. The van der Waals surface area contributed by atoms with Crippen LogP contribution in [0.25, 0.3) is 10.9 Å². The average Bonchev–Trinajstić information content (AvgIpc) is 3.03. The Balaban J connectivity index is 1.57. The molecule has 1 unspecified atom stereocenters. The third kappa shape index (κ3) is 4.60. The fourth-order valence-electron chi connectivity index (χ4n) is 3.36. The number of H-pyrrole nitrogens is 1. The van der Waals surface area contributed by atoms with Gasteiger partial charge in [0, 0.05) is 43.2 Å². The molecule has 1 saturated heterocycles. The van der Waals surface area contributed by atoms with Gasteiger partial charge in [0.15, 0.2) is 0 Å². The van der Waals surface area contributed by atoms with Gasteiger partial charge in [0.2, 0.25) is 5.91 Å². The topological polar surface area (TPSA) is 91.4 Å². The number of amides is 1. The lowest BCUT2D eigenvalue weighted by atomic mass is 9.94. The van der Waals surface area contributed by atoms with E-state index in [1.165, 1.54) is 0 Å². The van der Waals surface area contributed by atoms with E-state index in [1.807, 2.05) is 30.5 Å². The number of hydrogen-bond acceptors (Lipinski definition) is 3. The van der Waals surface area contributed by atoms with Crippen LogP contribution in [-0.2, 0) is 20.7 Å². The largest absolute Gasteiger partial charge is 0.480 e. The predicted octanol–water partition coefficient (Wildman–Crippen LogP) is 2.49. The van der Waals surface area contributed by atoms with Crippen molar-refractivity contribution in [2.24, 2.45) is 5.92 Å². The maximum atomic E-state index is 12.2. The molecular weight excluding hydrogens is 320 g/mol. The number of carbonyl (C=O) groups excluding carboxylic acids is 1. The van der Waals surface area contributed by atoms with Crippen LogP contribution in [0.4, 0.5) is 0 Å². The van der Waals surface area contributed by atoms with E-state index < -0.39 is 12.0 Å². The highest BCUT2D eigenvalue weighted by Crippen LogP contribution is 2.21. The maximum Gasteiger partial charge on any atom is 0.326 e. The van der Waals surface area contributed by atoms with Gasteiger partial charge in [-0.25, -0.2) is 4.79 Å². The first-order chi connectivity index (χ1) is 12.1. The molecule has 1 fully saturated rings. The molecule has 1 aromatic heterocycles. The zero-order chi connectivity index (χ0) is 17.6. The van der Waals surface area contributed by atoms with Crippen LogP contribution in [0.15, 0.2) is 30.5 Å². The van der Waals surface area contributed by atoms with Gasteiger partial charge in [-0.1, -0.05) is 18.2 Å². The first kappa shape index (κ1) is 17.5. The summed E-state index contributed by atoms with van der Waals surface area (Å²) < 4.78 is 5.32. The molecule has 6 nitrogen and oxygen atoms in total. The normalized spacial score (nSPS) is 16.6. The average molecular weight is 344 g/mol. The predicted molar refractivity (Wildman–Crippen MR) is 94.3 cm³/mol. The lowest BCUT2D eigenvalue weighted by molar-refractivity contribution is -0.141. The third-order valence-electron chi connectivity index (χ3n) is 4.85. The molecule has 2 aromatic rings. The number of carboxylic acid groups (broad SMARTS) is 1. The minimum Gasteiger partial charge on any atom is -0.480 e. The summed E-state index contributed by atoms with van der Waals surface area (Å²) in [4.78, 5) is 26.9. The van der Waals surface area contributed by atoms with Crippen LogP contribution in [0, 0.1) is 5.92 Å². The van der Waals surface area contributed by atoms with Gasteiger partial charge in [0.1, 0.15) is 6.04 Å². The van der Waals surface area contributed by atoms with E-state index in [0.29, 0.717) is 12.3 Å². The summed E-state index contributed by atoms with van der Waals surface area (Å²) in [7, 11) is 0. The Labute approximate surface area is 146 Å². The molecule has 1 aliphatic rings. The lowest BCUT2D eigenvalue weighted by Gasteiger charge is -2.22. The number of carbonyl (C=O) groups is 2. The molecule has 6 heteroatoms. The molecule has 3 rings (SSSR count). The zero-order valence-electron chi connectivity index (χ0n) is 14.2. The molecule has 1 aromatic carbocycles. The quantitative estimate of drug-likeness (QED) is 0.720. The number of benzene rings is 1. The Morgan fingerprint density at radius 2 is 2.04 bits per heavy atom. The molecular formula is C19H24N2O4. The van der Waals surface area contributed by atoms with Crippen molar-refractivity contribution in [2.75, 3.05) is 13.2 Å². The number of aromatic nitrogens is 1. The van der Waals surface area contributed by atoms with Gasteiger partial charge in [0.25, 0.3) is 0 Å². The highest BCUT2D eigenvalue weighted by molar-refractivity contribution is 5.86. The monoisotopic (exact) mass is 344 g/mol. The fraction of sp³-hybridized carbons (Fsp3) is 0.474. The number of ether oxygens (including phenoxy) is 1. The number of carboxylic acids is 1. The van der Waals surface area contributed by atoms with E-state index in [2.05, 4.69) is 10.3 Å². The van der Waals surface area contributed by atoms with Crippen molar-refractivity contribution in [3.8, 4) is 0 Å². The van der Waals surface area contributed by atoms with Crippen molar-refractivity contribution in [3.63, 3.8) is 0 Å². The summed E-state index contributed by atoms with van der Waals surface area (Å²) in [5.74, 6) is -0.708. The SMILES string of the molecule is O=C(CCC1CCOCC1)NC(Cc1c[nH]c2ccccc12)C(=O)O.